The molecule has 0 aliphatic heterocycles. The molecule has 0 aliphatic rings. The molecule has 0 aromatic heterocycles. The van der Waals surface area contributed by atoms with E-state index in [4.69, 9.17) is 21.1 Å². The van der Waals surface area contributed by atoms with Gasteiger partial charge in [-0.15, -0.1) is 0 Å². The Hall–Kier alpha value is -2.89. The number of hydrogen-bond acceptors (Lipinski definition) is 4. The average molecular weight is 384 g/mol. The summed E-state index contributed by atoms with van der Waals surface area (Å²) in [5.74, 6) is -0.925. The van der Waals surface area contributed by atoms with Crippen molar-refractivity contribution in [2.45, 2.75) is 6.61 Å². The molecule has 3 aromatic carbocycles. The van der Waals surface area contributed by atoms with Crippen LogP contribution in [-0.2, 0) is 16.1 Å². The number of benzene rings is 3. The Morgan fingerprint density at radius 1 is 1.00 bits per heavy atom. The van der Waals surface area contributed by atoms with Crippen molar-refractivity contribution in [1.29, 1.82) is 0 Å². The maximum atomic E-state index is 12.7. The monoisotopic (exact) mass is 383 g/mol. The number of anilines is 1. The first-order valence-electron chi connectivity index (χ1n) is 8.23. The zero-order valence-corrected chi connectivity index (χ0v) is 15.7. The fraction of sp³-hybridized carbons (Fsp3) is 0.143. The standard InChI is InChI=1S/C21H18ClNO4/c1-26-12-16-10-19(17(11-18(16)22)21(25)27-2)23-20(24)15-8-7-13-5-3-4-6-14(13)9-15/h3-11H,12H2,1-2H3,(H,23,24). The summed E-state index contributed by atoms with van der Waals surface area (Å²) >= 11 is 6.20. The lowest BCUT2D eigenvalue weighted by Gasteiger charge is -2.13. The third kappa shape index (κ3) is 4.10. The van der Waals surface area contributed by atoms with E-state index in [1.165, 1.54) is 20.3 Å². The zero-order chi connectivity index (χ0) is 19.4. The van der Waals surface area contributed by atoms with Gasteiger partial charge in [0, 0.05) is 17.7 Å². The predicted molar refractivity (Wildman–Crippen MR) is 105 cm³/mol. The minimum atomic E-state index is -0.588. The molecule has 0 saturated heterocycles. The molecule has 6 heteroatoms. The first-order valence-corrected chi connectivity index (χ1v) is 8.61. The van der Waals surface area contributed by atoms with Gasteiger partial charge in [-0.25, -0.2) is 4.79 Å². The van der Waals surface area contributed by atoms with E-state index in [0.717, 1.165) is 10.8 Å². The van der Waals surface area contributed by atoms with Crippen LogP contribution >= 0.6 is 11.6 Å². The van der Waals surface area contributed by atoms with Crippen LogP contribution in [0.5, 0.6) is 0 Å². The lowest BCUT2D eigenvalue weighted by molar-refractivity contribution is 0.0602. The smallest absolute Gasteiger partial charge is 0.340 e. The molecule has 0 spiro atoms. The van der Waals surface area contributed by atoms with Crippen LogP contribution in [0.2, 0.25) is 5.02 Å². The van der Waals surface area contributed by atoms with Crippen LogP contribution < -0.4 is 5.32 Å². The third-order valence-corrected chi connectivity index (χ3v) is 4.50. The number of fused-ring (bicyclic) bond motifs is 1. The molecule has 27 heavy (non-hydrogen) atoms. The van der Waals surface area contributed by atoms with E-state index in [1.807, 2.05) is 30.3 Å². The van der Waals surface area contributed by atoms with Crippen molar-refractivity contribution in [2.24, 2.45) is 0 Å². The number of amides is 1. The van der Waals surface area contributed by atoms with E-state index >= 15 is 0 Å². The van der Waals surface area contributed by atoms with E-state index < -0.39 is 5.97 Å². The molecule has 0 aliphatic carbocycles. The lowest BCUT2D eigenvalue weighted by Crippen LogP contribution is -2.16. The van der Waals surface area contributed by atoms with Crippen molar-refractivity contribution in [1.82, 2.24) is 0 Å². The molecule has 138 valence electrons. The number of ether oxygens (including phenoxy) is 2. The molecule has 0 radical (unpaired) electrons. The molecule has 0 heterocycles. The summed E-state index contributed by atoms with van der Waals surface area (Å²) in [7, 11) is 2.81. The zero-order valence-electron chi connectivity index (χ0n) is 14.9. The summed E-state index contributed by atoms with van der Waals surface area (Å²) in [6.45, 7) is 0.249. The first kappa shape index (κ1) is 18.9. The Balaban J connectivity index is 1.97. The Morgan fingerprint density at radius 2 is 1.74 bits per heavy atom. The van der Waals surface area contributed by atoms with E-state index in [1.54, 1.807) is 18.2 Å². The number of carbonyl (C=O) groups is 2. The number of carbonyl (C=O) groups excluding carboxylic acids is 2. The molecule has 0 fully saturated rings. The summed E-state index contributed by atoms with van der Waals surface area (Å²) in [6, 6.07) is 16.3. The van der Waals surface area contributed by atoms with Gasteiger partial charge in [0.25, 0.3) is 5.91 Å². The number of nitrogens with one attached hydrogen (secondary N) is 1. The van der Waals surface area contributed by atoms with E-state index in [0.29, 0.717) is 21.8 Å². The summed E-state index contributed by atoms with van der Waals surface area (Å²) in [5.41, 5.74) is 1.63. The van der Waals surface area contributed by atoms with Crippen LogP contribution in [0.15, 0.2) is 54.6 Å². The van der Waals surface area contributed by atoms with Gasteiger partial charge in [0.15, 0.2) is 0 Å². The topological polar surface area (TPSA) is 64.6 Å². The molecular weight excluding hydrogens is 366 g/mol. The Bertz CT molecular complexity index is 1020. The van der Waals surface area contributed by atoms with Gasteiger partial charge in [-0.3, -0.25) is 4.79 Å². The maximum Gasteiger partial charge on any atom is 0.340 e. The number of rotatable bonds is 5. The van der Waals surface area contributed by atoms with Crippen molar-refractivity contribution < 1.29 is 19.1 Å². The number of methoxy groups -OCH3 is 2. The SMILES string of the molecule is COCc1cc(NC(=O)c2ccc3ccccc3c2)c(C(=O)OC)cc1Cl. The van der Waals surface area contributed by atoms with Gasteiger partial charge >= 0.3 is 5.97 Å². The van der Waals surface area contributed by atoms with E-state index in [2.05, 4.69) is 5.32 Å². The molecule has 5 nitrogen and oxygen atoms in total. The lowest BCUT2D eigenvalue weighted by atomic mass is 10.1. The highest BCUT2D eigenvalue weighted by atomic mass is 35.5. The molecular formula is C21H18ClNO4. The molecule has 3 aromatic rings. The predicted octanol–water partition coefficient (Wildman–Crippen LogP) is 4.68. The van der Waals surface area contributed by atoms with Gasteiger partial charge in [-0.1, -0.05) is 41.9 Å². The van der Waals surface area contributed by atoms with E-state index in [9.17, 15) is 9.59 Å². The number of hydrogen-bond donors (Lipinski definition) is 1. The number of halogens is 1. The van der Waals surface area contributed by atoms with Gasteiger partial charge in [0.05, 0.1) is 25.0 Å². The van der Waals surface area contributed by atoms with Gasteiger partial charge in [0.2, 0.25) is 0 Å². The van der Waals surface area contributed by atoms with Crippen molar-refractivity contribution in [3.63, 3.8) is 0 Å². The first-order chi connectivity index (χ1) is 13.0. The van der Waals surface area contributed by atoms with Crippen LogP contribution in [0, 0.1) is 0 Å². The summed E-state index contributed by atoms with van der Waals surface area (Å²) in [4.78, 5) is 24.8. The maximum absolute atomic E-state index is 12.7. The molecule has 0 unspecified atom stereocenters. The van der Waals surface area contributed by atoms with Crippen LogP contribution in [0.25, 0.3) is 10.8 Å². The fourth-order valence-electron chi connectivity index (χ4n) is 2.79. The second-order valence-corrected chi connectivity index (χ2v) is 6.34. The quantitative estimate of drug-likeness (QED) is 0.650. The summed E-state index contributed by atoms with van der Waals surface area (Å²) in [5, 5.41) is 5.13. The van der Waals surface area contributed by atoms with Crippen LogP contribution in [0.4, 0.5) is 5.69 Å². The molecule has 1 N–H and O–H groups in total. The second-order valence-electron chi connectivity index (χ2n) is 5.93. The van der Waals surface area contributed by atoms with Gasteiger partial charge in [0.1, 0.15) is 0 Å². The fourth-order valence-corrected chi connectivity index (χ4v) is 3.01. The van der Waals surface area contributed by atoms with Crippen molar-refractivity contribution in [3.8, 4) is 0 Å². The molecule has 1 amide bonds. The molecule has 0 atom stereocenters. The highest BCUT2D eigenvalue weighted by molar-refractivity contribution is 6.32. The minimum Gasteiger partial charge on any atom is -0.465 e. The minimum absolute atomic E-state index is 0.177. The van der Waals surface area contributed by atoms with Gasteiger partial charge in [-0.05, 0) is 40.6 Å². The van der Waals surface area contributed by atoms with Crippen LogP contribution in [0.1, 0.15) is 26.3 Å². The normalized spacial score (nSPS) is 10.6. The Labute approximate surface area is 161 Å². The third-order valence-electron chi connectivity index (χ3n) is 4.15. The summed E-state index contributed by atoms with van der Waals surface area (Å²) < 4.78 is 9.91. The average Bonchev–Trinajstić information content (AvgIpc) is 2.69. The van der Waals surface area contributed by atoms with E-state index in [-0.39, 0.29) is 18.1 Å². The second kappa shape index (κ2) is 8.20. The van der Waals surface area contributed by atoms with Crippen LogP contribution in [-0.4, -0.2) is 26.1 Å². The van der Waals surface area contributed by atoms with Crippen molar-refractivity contribution >= 4 is 39.9 Å². The largest absolute Gasteiger partial charge is 0.465 e. The summed E-state index contributed by atoms with van der Waals surface area (Å²) in [6.07, 6.45) is 0. The van der Waals surface area contributed by atoms with Crippen molar-refractivity contribution in [3.05, 3.63) is 76.3 Å². The van der Waals surface area contributed by atoms with Gasteiger partial charge in [-0.2, -0.15) is 0 Å². The highest BCUT2D eigenvalue weighted by Crippen LogP contribution is 2.27. The van der Waals surface area contributed by atoms with Crippen LogP contribution in [0.3, 0.4) is 0 Å². The highest BCUT2D eigenvalue weighted by Gasteiger charge is 2.18. The number of esters is 1. The molecule has 0 bridgehead atoms. The van der Waals surface area contributed by atoms with Crippen molar-refractivity contribution in [2.75, 3.05) is 19.5 Å². The van der Waals surface area contributed by atoms with Gasteiger partial charge < -0.3 is 14.8 Å². The Morgan fingerprint density at radius 3 is 2.44 bits per heavy atom. The molecule has 3 rings (SSSR count). The Kier molecular flexibility index (Phi) is 5.74. The molecule has 0 saturated carbocycles.